The molecule has 0 aromatic rings. The van der Waals surface area contributed by atoms with E-state index in [1.807, 2.05) is 20.8 Å². The molecule has 0 aromatic heterocycles. The summed E-state index contributed by atoms with van der Waals surface area (Å²) in [6, 6.07) is 0. The van der Waals surface area contributed by atoms with Crippen molar-refractivity contribution >= 4 is 17.0 Å². The molecular weight excluding hydrogens is 336 g/mol. The summed E-state index contributed by atoms with van der Waals surface area (Å²) in [5, 5.41) is 0. The highest BCUT2D eigenvalue weighted by Crippen LogP contribution is 2.59. The Labute approximate surface area is 146 Å². The maximum absolute atomic E-state index is 15.0. The third-order valence-corrected chi connectivity index (χ3v) is 6.41. The molecule has 0 spiro atoms. The van der Waals surface area contributed by atoms with Crippen LogP contribution in [0.15, 0.2) is 0 Å². The Hall–Kier alpha value is -0.560. The van der Waals surface area contributed by atoms with Crippen LogP contribution in [0.3, 0.4) is 0 Å². The molecule has 1 N–H and O–H groups in total. The number of esters is 1. The summed E-state index contributed by atoms with van der Waals surface area (Å²) < 4.78 is 48.9. The third kappa shape index (κ3) is 4.15. The number of rotatable bonds is 6. The molecule has 1 aliphatic carbocycles. The fraction of sp³-hybridized carbons (Fsp3) is 0.941. The molecule has 24 heavy (non-hydrogen) atoms. The number of ether oxygens (including phenoxy) is 1. The second-order valence-electron chi connectivity index (χ2n) is 8.80. The van der Waals surface area contributed by atoms with Gasteiger partial charge >= 0.3 is 11.9 Å². The van der Waals surface area contributed by atoms with Gasteiger partial charge in [-0.25, -0.2) is 13.7 Å². The Kier molecular flexibility index (Phi) is 5.94. The zero-order valence-electron chi connectivity index (χ0n) is 16.0. The van der Waals surface area contributed by atoms with Gasteiger partial charge in [0.25, 0.3) is 0 Å². The normalized spacial score (nSPS) is 25.8. The van der Waals surface area contributed by atoms with Gasteiger partial charge in [-0.05, 0) is 58.3 Å². The summed E-state index contributed by atoms with van der Waals surface area (Å²) in [6.45, 7) is 13.7. The number of hydrogen-bond donors (Lipinski definition) is 1. The van der Waals surface area contributed by atoms with Crippen molar-refractivity contribution in [3.8, 4) is 0 Å². The minimum Gasteiger partial charge on any atom is -0.462 e. The third-order valence-electron chi connectivity index (χ3n) is 4.69. The molecule has 1 rings (SSSR count). The number of hydrogen-bond acceptors (Lipinski definition) is 3. The predicted molar refractivity (Wildman–Crippen MR) is 92.1 cm³/mol. The van der Waals surface area contributed by atoms with Crippen LogP contribution in [0.5, 0.6) is 0 Å². The number of nitrogens with one attached hydrogen (secondary N) is 1. The quantitative estimate of drug-likeness (QED) is 0.729. The van der Waals surface area contributed by atoms with Crippen LogP contribution in [0.25, 0.3) is 0 Å². The van der Waals surface area contributed by atoms with Gasteiger partial charge in [-0.3, -0.25) is 0 Å². The number of halogens is 2. The van der Waals surface area contributed by atoms with Crippen LogP contribution in [0.4, 0.5) is 8.78 Å². The van der Waals surface area contributed by atoms with E-state index in [0.717, 1.165) is 0 Å². The molecule has 142 valence electrons. The van der Waals surface area contributed by atoms with Gasteiger partial charge in [0.2, 0.25) is 0 Å². The van der Waals surface area contributed by atoms with E-state index < -0.39 is 39.1 Å². The first-order valence-electron chi connectivity index (χ1n) is 8.33. The van der Waals surface area contributed by atoms with E-state index in [1.54, 1.807) is 20.8 Å². The van der Waals surface area contributed by atoms with Gasteiger partial charge in [0.15, 0.2) is 0 Å². The van der Waals surface area contributed by atoms with Crippen LogP contribution in [-0.4, -0.2) is 33.0 Å². The van der Waals surface area contributed by atoms with Crippen LogP contribution in [-0.2, 0) is 20.5 Å². The van der Waals surface area contributed by atoms with Gasteiger partial charge in [-0.2, -0.15) is 8.78 Å². The standard InChI is InChI=1S/C17H31F2NO3S/c1-9-23-13(21)17(18,19)16(8,20-24(22)15(5,6)7)12-10-11(12)14(2,3)4/h11-12,20H,9-10H2,1-8H3/t11-,12-,16-,24-/m1/s1. The van der Waals surface area contributed by atoms with Crippen molar-refractivity contribution in [2.24, 2.45) is 17.3 Å². The van der Waals surface area contributed by atoms with Gasteiger partial charge in [0.05, 0.1) is 22.3 Å². The highest BCUT2D eigenvalue weighted by atomic mass is 32.2. The van der Waals surface area contributed by atoms with Gasteiger partial charge in [-0.15, -0.1) is 0 Å². The Morgan fingerprint density at radius 1 is 1.12 bits per heavy atom. The molecule has 0 unspecified atom stereocenters. The van der Waals surface area contributed by atoms with Crippen LogP contribution in [0, 0.1) is 17.3 Å². The molecule has 0 aliphatic heterocycles. The lowest BCUT2D eigenvalue weighted by atomic mass is 9.81. The second-order valence-corrected chi connectivity index (χ2v) is 10.8. The minimum atomic E-state index is -3.77. The van der Waals surface area contributed by atoms with Crippen LogP contribution in [0.1, 0.15) is 61.8 Å². The molecule has 0 saturated heterocycles. The Morgan fingerprint density at radius 3 is 1.96 bits per heavy atom. The molecule has 4 atom stereocenters. The molecular formula is C17H31F2NO3S. The molecule has 7 heteroatoms. The van der Waals surface area contributed by atoms with E-state index in [-0.39, 0.29) is 17.9 Å². The van der Waals surface area contributed by atoms with Crippen molar-refractivity contribution in [1.29, 1.82) is 0 Å². The van der Waals surface area contributed by atoms with E-state index in [1.165, 1.54) is 13.8 Å². The summed E-state index contributed by atoms with van der Waals surface area (Å²) in [5.74, 6) is -5.77. The zero-order valence-corrected chi connectivity index (χ0v) is 16.8. The minimum absolute atomic E-state index is 0.0206. The molecule has 0 amide bonds. The van der Waals surface area contributed by atoms with E-state index in [4.69, 9.17) is 0 Å². The maximum Gasteiger partial charge on any atom is 0.379 e. The largest absolute Gasteiger partial charge is 0.462 e. The van der Waals surface area contributed by atoms with Gasteiger partial charge < -0.3 is 4.74 Å². The Balaban J connectivity index is 3.23. The summed E-state index contributed by atoms with van der Waals surface area (Å²) >= 11 is 0. The van der Waals surface area contributed by atoms with Crippen molar-refractivity contribution < 1.29 is 22.5 Å². The number of alkyl halides is 2. The van der Waals surface area contributed by atoms with Crippen molar-refractivity contribution in [1.82, 2.24) is 4.72 Å². The van der Waals surface area contributed by atoms with Crippen LogP contribution >= 0.6 is 0 Å². The fourth-order valence-electron chi connectivity index (χ4n) is 2.94. The van der Waals surface area contributed by atoms with Crippen LogP contribution in [0.2, 0.25) is 0 Å². The van der Waals surface area contributed by atoms with Crippen LogP contribution < -0.4 is 4.72 Å². The average Bonchev–Trinajstić information content (AvgIpc) is 3.17. The fourth-order valence-corrected chi connectivity index (χ4v) is 3.91. The van der Waals surface area contributed by atoms with Crippen molar-refractivity contribution in [2.45, 2.75) is 78.0 Å². The van der Waals surface area contributed by atoms with Crippen molar-refractivity contribution in [3.63, 3.8) is 0 Å². The summed E-state index contributed by atoms with van der Waals surface area (Å²) in [7, 11) is -1.73. The molecule has 0 bridgehead atoms. The Morgan fingerprint density at radius 2 is 1.62 bits per heavy atom. The monoisotopic (exact) mass is 367 g/mol. The average molecular weight is 368 g/mol. The van der Waals surface area contributed by atoms with E-state index in [2.05, 4.69) is 9.46 Å². The SMILES string of the molecule is CCOC(=O)C(F)(F)[C@](C)(N[S@](=O)C(C)(C)C)[C@@H]1C[C@H]1C(C)(C)C. The Bertz CT molecular complexity index is 511. The smallest absolute Gasteiger partial charge is 0.379 e. The van der Waals surface area contributed by atoms with E-state index in [9.17, 15) is 17.8 Å². The topological polar surface area (TPSA) is 55.4 Å². The summed E-state index contributed by atoms with van der Waals surface area (Å²) in [4.78, 5) is 11.9. The van der Waals surface area contributed by atoms with E-state index in [0.29, 0.717) is 6.42 Å². The summed E-state index contributed by atoms with van der Waals surface area (Å²) in [5.41, 5.74) is -2.09. The maximum atomic E-state index is 15.0. The lowest BCUT2D eigenvalue weighted by Gasteiger charge is -2.39. The second kappa shape index (κ2) is 6.63. The van der Waals surface area contributed by atoms with Crippen molar-refractivity contribution in [3.05, 3.63) is 0 Å². The highest BCUT2D eigenvalue weighted by molar-refractivity contribution is 7.84. The first-order chi connectivity index (χ1) is 10.6. The number of carbonyl (C=O) groups is 1. The lowest BCUT2D eigenvalue weighted by Crippen LogP contribution is -2.64. The number of carbonyl (C=O) groups excluding carboxylic acids is 1. The molecule has 1 aliphatic rings. The first kappa shape index (κ1) is 21.5. The first-order valence-corrected chi connectivity index (χ1v) is 9.48. The molecule has 1 fully saturated rings. The van der Waals surface area contributed by atoms with Crippen molar-refractivity contribution in [2.75, 3.05) is 6.61 Å². The van der Waals surface area contributed by atoms with Gasteiger partial charge in [0.1, 0.15) is 5.54 Å². The molecule has 0 heterocycles. The molecule has 4 nitrogen and oxygen atoms in total. The lowest BCUT2D eigenvalue weighted by molar-refractivity contribution is -0.184. The van der Waals surface area contributed by atoms with Gasteiger partial charge in [-0.1, -0.05) is 20.8 Å². The zero-order chi connectivity index (χ0) is 19.1. The summed E-state index contributed by atoms with van der Waals surface area (Å²) in [6.07, 6.45) is 0.559. The molecule has 0 aromatic carbocycles. The van der Waals surface area contributed by atoms with E-state index >= 15 is 0 Å². The van der Waals surface area contributed by atoms with Gasteiger partial charge in [0, 0.05) is 0 Å². The molecule has 1 saturated carbocycles. The molecule has 0 radical (unpaired) electrons. The predicted octanol–water partition coefficient (Wildman–Crippen LogP) is 3.68. The highest BCUT2D eigenvalue weighted by Gasteiger charge is 2.68.